The van der Waals surface area contributed by atoms with Crippen LogP contribution >= 0.6 is 15.9 Å². The summed E-state index contributed by atoms with van der Waals surface area (Å²) in [5.74, 6) is 1.82. The maximum Gasteiger partial charge on any atom is 0.0233 e. The second-order valence-electron chi connectivity index (χ2n) is 5.79. The average Bonchev–Trinajstić information content (AvgIpc) is 2.81. The Morgan fingerprint density at radius 1 is 1.33 bits per heavy atom. The van der Waals surface area contributed by atoms with Crippen molar-refractivity contribution in [2.75, 3.05) is 26.2 Å². The molecule has 2 heterocycles. The molecule has 18 heavy (non-hydrogen) atoms. The van der Waals surface area contributed by atoms with E-state index < -0.39 is 0 Å². The van der Waals surface area contributed by atoms with E-state index in [-0.39, 0.29) is 0 Å². The predicted octanol–water partition coefficient (Wildman–Crippen LogP) is 2.80. The van der Waals surface area contributed by atoms with E-state index in [9.17, 15) is 0 Å². The minimum Gasteiger partial charge on any atom is -0.316 e. The van der Waals surface area contributed by atoms with E-state index in [2.05, 4.69) is 51.3 Å². The highest BCUT2D eigenvalue weighted by Gasteiger charge is 2.32. The molecule has 0 aliphatic carbocycles. The van der Waals surface area contributed by atoms with E-state index in [0.717, 1.165) is 18.4 Å². The Kier molecular flexibility index (Phi) is 3.73. The van der Waals surface area contributed by atoms with Crippen LogP contribution < -0.4 is 5.32 Å². The molecule has 0 amide bonds. The van der Waals surface area contributed by atoms with Crippen LogP contribution in [0.4, 0.5) is 0 Å². The first kappa shape index (κ1) is 12.6. The summed E-state index contributed by atoms with van der Waals surface area (Å²) >= 11 is 3.57. The predicted molar refractivity (Wildman–Crippen MR) is 78.6 cm³/mol. The number of likely N-dealkylation sites (tertiary alicyclic amines) is 1. The van der Waals surface area contributed by atoms with Crippen molar-refractivity contribution in [2.45, 2.75) is 19.9 Å². The Hall–Kier alpha value is -0.380. The molecule has 98 valence electrons. The highest BCUT2D eigenvalue weighted by atomic mass is 79.9. The fourth-order valence-electron chi connectivity index (χ4n) is 3.32. The fourth-order valence-corrected chi connectivity index (χ4v) is 3.56. The molecule has 0 spiro atoms. The third kappa shape index (κ3) is 2.63. The fraction of sp³-hybridized carbons (Fsp3) is 0.600. The number of halogens is 1. The first-order valence-electron chi connectivity index (χ1n) is 6.90. The number of fused-ring (bicyclic) bond motifs is 1. The molecule has 2 atom stereocenters. The summed E-state index contributed by atoms with van der Waals surface area (Å²) in [6, 6.07) is 6.73. The SMILES string of the molecule is Cc1cc(CN2CCC3CNCC3C2)ccc1Br. The summed E-state index contributed by atoms with van der Waals surface area (Å²) < 4.78 is 1.21. The Bertz CT molecular complexity index is 433. The van der Waals surface area contributed by atoms with Gasteiger partial charge in [-0.3, -0.25) is 4.90 Å². The molecule has 0 radical (unpaired) electrons. The van der Waals surface area contributed by atoms with Gasteiger partial charge in [-0.05, 0) is 62.0 Å². The molecule has 1 aromatic carbocycles. The van der Waals surface area contributed by atoms with Crippen LogP contribution in [0.1, 0.15) is 17.5 Å². The van der Waals surface area contributed by atoms with Crippen molar-refractivity contribution in [3.8, 4) is 0 Å². The van der Waals surface area contributed by atoms with Crippen LogP contribution in [0.25, 0.3) is 0 Å². The van der Waals surface area contributed by atoms with Crippen LogP contribution in [0.15, 0.2) is 22.7 Å². The Labute approximate surface area is 118 Å². The van der Waals surface area contributed by atoms with Gasteiger partial charge in [0.25, 0.3) is 0 Å². The quantitative estimate of drug-likeness (QED) is 0.904. The molecule has 0 bridgehead atoms. The molecule has 0 saturated carbocycles. The summed E-state index contributed by atoms with van der Waals surface area (Å²) in [6.45, 7) is 8.28. The molecule has 3 rings (SSSR count). The molecule has 2 saturated heterocycles. The number of hydrogen-bond acceptors (Lipinski definition) is 2. The van der Waals surface area contributed by atoms with E-state index in [0.29, 0.717) is 0 Å². The Balaban J connectivity index is 1.64. The van der Waals surface area contributed by atoms with E-state index in [1.807, 2.05) is 0 Å². The summed E-state index contributed by atoms with van der Waals surface area (Å²) in [6.07, 6.45) is 1.37. The standard InChI is InChI=1S/C15H21BrN2/c1-11-6-12(2-3-15(11)16)9-18-5-4-13-7-17-8-14(13)10-18/h2-3,6,13-14,17H,4-5,7-10H2,1H3. The first-order chi connectivity index (χ1) is 8.72. The van der Waals surface area contributed by atoms with Gasteiger partial charge in [-0.15, -0.1) is 0 Å². The molecule has 2 fully saturated rings. The van der Waals surface area contributed by atoms with Gasteiger partial charge in [-0.1, -0.05) is 28.1 Å². The normalized spacial score (nSPS) is 28.3. The van der Waals surface area contributed by atoms with Crippen LogP contribution in [0.3, 0.4) is 0 Å². The van der Waals surface area contributed by atoms with Crippen molar-refractivity contribution in [3.63, 3.8) is 0 Å². The van der Waals surface area contributed by atoms with Crippen molar-refractivity contribution in [1.29, 1.82) is 0 Å². The minimum absolute atomic E-state index is 0.885. The number of rotatable bonds is 2. The largest absolute Gasteiger partial charge is 0.316 e. The molecule has 1 aromatic rings. The van der Waals surface area contributed by atoms with Gasteiger partial charge in [0, 0.05) is 17.6 Å². The molecule has 2 unspecified atom stereocenters. The lowest BCUT2D eigenvalue weighted by atomic mass is 9.88. The summed E-state index contributed by atoms with van der Waals surface area (Å²) in [5, 5.41) is 3.53. The van der Waals surface area contributed by atoms with Gasteiger partial charge in [0.05, 0.1) is 0 Å². The number of piperidine rings is 1. The van der Waals surface area contributed by atoms with Crippen LogP contribution in [0.2, 0.25) is 0 Å². The Morgan fingerprint density at radius 2 is 2.17 bits per heavy atom. The first-order valence-corrected chi connectivity index (χ1v) is 7.70. The minimum atomic E-state index is 0.885. The second kappa shape index (κ2) is 5.32. The number of nitrogens with one attached hydrogen (secondary N) is 1. The summed E-state index contributed by atoms with van der Waals surface area (Å²) in [7, 11) is 0. The third-order valence-electron chi connectivity index (χ3n) is 4.42. The van der Waals surface area contributed by atoms with Crippen molar-refractivity contribution in [2.24, 2.45) is 11.8 Å². The maximum atomic E-state index is 3.57. The monoisotopic (exact) mass is 308 g/mol. The van der Waals surface area contributed by atoms with Crippen molar-refractivity contribution in [1.82, 2.24) is 10.2 Å². The number of nitrogens with zero attached hydrogens (tertiary/aromatic N) is 1. The van der Waals surface area contributed by atoms with E-state index >= 15 is 0 Å². The van der Waals surface area contributed by atoms with Gasteiger partial charge in [0.1, 0.15) is 0 Å². The van der Waals surface area contributed by atoms with Gasteiger partial charge in [0.2, 0.25) is 0 Å². The third-order valence-corrected chi connectivity index (χ3v) is 5.31. The van der Waals surface area contributed by atoms with Crippen molar-refractivity contribution >= 4 is 15.9 Å². The van der Waals surface area contributed by atoms with Crippen LogP contribution in [0, 0.1) is 18.8 Å². The zero-order valence-electron chi connectivity index (χ0n) is 11.0. The van der Waals surface area contributed by atoms with Crippen molar-refractivity contribution < 1.29 is 0 Å². The van der Waals surface area contributed by atoms with E-state index in [1.54, 1.807) is 0 Å². The lowest BCUT2D eigenvalue weighted by Gasteiger charge is -2.34. The highest BCUT2D eigenvalue weighted by molar-refractivity contribution is 9.10. The molecule has 1 N–H and O–H groups in total. The van der Waals surface area contributed by atoms with E-state index in [1.165, 1.54) is 48.2 Å². The molecule has 0 aromatic heterocycles. The smallest absolute Gasteiger partial charge is 0.0233 e. The zero-order chi connectivity index (χ0) is 12.5. The summed E-state index contributed by atoms with van der Waals surface area (Å²) in [5.41, 5.74) is 2.78. The average molecular weight is 309 g/mol. The van der Waals surface area contributed by atoms with Gasteiger partial charge < -0.3 is 5.32 Å². The summed E-state index contributed by atoms with van der Waals surface area (Å²) in [4.78, 5) is 2.62. The maximum absolute atomic E-state index is 3.57. The second-order valence-corrected chi connectivity index (χ2v) is 6.64. The molecule has 2 nitrogen and oxygen atoms in total. The number of benzene rings is 1. The van der Waals surface area contributed by atoms with Gasteiger partial charge in [-0.2, -0.15) is 0 Å². The van der Waals surface area contributed by atoms with Gasteiger partial charge in [0.15, 0.2) is 0 Å². The molecule has 2 aliphatic heterocycles. The highest BCUT2D eigenvalue weighted by Crippen LogP contribution is 2.27. The van der Waals surface area contributed by atoms with Crippen molar-refractivity contribution in [3.05, 3.63) is 33.8 Å². The lowest BCUT2D eigenvalue weighted by molar-refractivity contribution is 0.142. The molecule has 3 heteroatoms. The molecular weight excluding hydrogens is 288 g/mol. The van der Waals surface area contributed by atoms with E-state index in [4.69, 9.17) is 0 Å². The number of aryl methyl sites for hydroxylation is 1. The molecule has 2 aliphatic rings. The van der Waals surface area contributed by atoms with Crippen LogP contribution in [-0.2, 0) is 6.54 Å². The van der Waals surface area contributed by atoms with Crippen LogP contribution in [0.5, 0.6) is 0 Å². The number of hydrogen-bond donors (Lipinski definition) is 1. The topological polar surface area (TPSA) is 15.3 Å². The Morgan fingerprint density at radius 3 is 3.00 bits per heavy atom. The van der Waals surface area contributed by atoms with Gasteiger partial charge in [-0.25, -0.2) is 0 Å². The zero-order valence-corrected chi connectivity index (χ0v) is 12.5. The molecular formula is C15H21BrN2. The lowest BCUT2D eigenvalue weighted by Crippen LogP contribution is -2.39. The van der Waals surface area contributed by atoms with Crippen LogP contribution in [-0.4, -0.2) is 31.1 Å². The van der Waals surface area contributed by atoms with Gasteiger partial charge >= 0.3 is 0 Å².